The number of hydrogen-bond acceptors (Lipinski definition) is 7. The normalized spacial score (nSPS) is 9.89. The Morgan fingerprint density at radius 1 is 0.947 bits per heavy atom. The number of anilines is 2. The largest absolute Gasteiger partial charge is 0.325 e. The molecule has 1 N–H and O–H groups in total. The van der Waals surface area contributed by atoms with E-state index in [1.54, 1.807) is 0 Å². The van der Waals surface area contributed by atoms with Crippen molar-refractivity contribution in [3.05, 3.63) is 56.9 Å². The molecule has 0 amide bonds. The fraction of sp³-hybridized carbons (Fsp3) is 0. The fourth-order valence-corrected chi connectivity index (χ4v) is 1.30. The highest BCUT2D eigenvalue weighted by molar-refractivity contribution is 5.55. The molecule has 2 aromatic heterocycles. The van der Waals surface area contributed by atoms with Crippen molar-refractivity contribution >= 4 is 23.0 Å². The molecule has 2 rings (SSSR count). The van der Waals surface area contributed by atoms with Gasteiger partial charge in [0.05, 0.1) is 15.9 Å². The van der Waals surface area contributed by atoms with E-state index < -0.39 is 9.85 Å². The zero-order valence-corrected chi connectivity index (χ0v) is 9.39. The molecule has 0 spiro atoms. The minimum Gasteiger partial charge on any atom is -0.325 e. The van der Waals surface area contributed by atoms with Gasteiger partial charge in [0.25, 0.3) is 11.4 Å². The monoisotopic (exact) mass is 261 g/mol. The molecule has 0 aliphatic heterocycles. The van der Waals surface area contributed by atoms with Crippen LogP contribution in [-0.2, 0) is 0 Å². The van der Waals surface area contributed by atoms with Gasteiger partial charge in [0, 0.05) is 18.3 Å². The highest BCUT2D eigenvalue weighted by atomic mass is 16.6. The van der Waals surface area contributed by atoms with Gasteiger partial charge in [0.15, 0.2) is 0 Å². The first-order valence-corrected chi connectivity index (χ1v) is 5.04. The third-order valence-electron chi connectivity index (χ3n) is 2.17. The maximum absolute atomic E-state index is 10.6. The van der Waals surface area contributed by atoms with Gasteiger partial charge < -0.3 is 5.32 Å². The van der Waals surface area contributed by atoms with E-state index in [4.69, 9.17) is 0 Å². The van der Waals surface area contributed by atoms with Crippen LogP contribution >= 0.6 is 0 Å². The summed E-state index contributed by atoms with van der Waals surface area (Å²) in [6, 6.07) is 5.16. The van der Waals surface area contributed by atoms with E-state index in [9.17, 15) is 20.2 Å². The van der Waals surface area contributed by atoms with Gasteiger partial charge in [-0.15, -0.1) is 0 Å². The molecule has 0 radical (unpaired) electrons. The van der Waals surface area contributed by atoms with Crippen LogP contribution in [0.3, 0.4) is 0 Å². The molecule has 0 fully saturated rings. The van der Waals surface area contributed by atoms with Gasteiger partial charge in [0.1, 0.15) is 17.8 Å². The summed E-state index contributed by atoms with van der Waals surface area (Å²) >= 11 is 0. The molecule has 2 aromatic rings. The van der Waals surface area contributed by atoms with Gasteiger partial charge in [0.2, 0.25) is 0 Å². The predicted octanol–water partition coefficient (Wildman–Crippen LogP) is 2.04. The van der Waals surface area contributed by atoms with Crippen LogP contribution in [0.4, 0.5) is 23.0 Å². The minimum absolute atomic E-state index is 0.112. The van der Waals surface area contributed by atoms with E-state index in [0.717, 1.165) is 6.20 Å². The predicted molar refractivity (Wildman–Crippen MR) is 65.1 cm³/mol. The summed E-state index contributed by atoms with van der Waals surface area (Å²) < 4.78 is 0. The van der Waals surface area contributed by atoms with E-state index in [1.807, 2.05) is 0 Å². The van der Waals surface area contributed by atoms with Crippen LogP contribution in [0.5, 0.6) is 0 Å². The Morgan fingerprint density at radius 3 is 2.26 bits per heavy atom. The molecule has 0 saturated carbocycles. The topological polar surface area (TPSA) is 124 Å². The second-order valence-electron chi connectivity index (χ2n) is 3.44. The minimum atomic E-state index is -0.567. The number of rotatable bonds is 4. The smallest absolute Gasteiger partial charge is 0.287 e. The Kier molecular flexibility index (Phi) is 3.28. The van der Waals surface area contributed by atoms with E-state index in [1.165, 1.54) is 30.5 Å². The van der Waals surface area contributed by atoms with Crippen molar-refractivity contribution in [2.75, 3.05) is 5.32 Å². The van der Waals surface area contributed by atoms with Gasteiger partial charge in [-0.2, -0.15) is 0 Å². The molecule has 9 nitrogen and oxygen atoms in total. The maximum atomic E-state index is 10.6. The van der Waals surface area contributed by atoms with Crippen LogP contribution < -0.4 is 5.32 Å². The Labute approximate surface area is 106 Å². The summed E-state index contributed by atoms with van der Waals surface area (Å²) in [5.41, 5.74) is -0.253. The van der Waals surface area contributed by atoms with Crippen molar-refractivity contribution in [3.63, 3.8) is 0 Å². The van der Waals surface area contributed by atoms with Crippen molar-refractivity contribution in [2.45, 2.75) is 0 Å². The third-order valence-corrected chi connectivity index (χ3v) is 2.17. The quantitative estimate of drug-likeness (QED) is 0.659. The zero-order chi connectivity index (χ0) is 13.8. The van der Waals surface area contributed by atoms with Crippen LogP contribution in [0, 0.1) is 20.2 Å². The van der Waals surface area contributed by atoms with E-state index in [0.29, 0.717) is 5.82 Å². The van der Waals surface area contributed by atoms with Crippen molar-refractivity contribution in [3.8, 4) is 0 Å². The molecule has 2 heterocycles. The van der Waals surface area contributed by atoms with Crippen LogP contribution in [0.25, 0.3) is 0 Å². The highest BCUT2D eigenvalue weighted by Crippen LogP contribution is 2.19. The average Bonchev–Trinajstić information content (AvgIpc) is 2.39. The number of aromatic nitrogens is 2. The first-order chi connectivity index (χ1) is 9.06. The molecule has 0 bridgehead atoms. The standard InChI is InChI=1S/C10H7N5O4/c16-14(17)7-3-4-11-10(5-7)13-9-2-1-8(6-12-9)15(18)19/h1-6H,(H,11,12,13). The fourth-order valence-electron chi connectivity index (χ4n) is 1.30. The molecular weight excluding hydrogens is 254 g/mol. The third kappa shape index (κ3) is 2.97. The molecule has 96 valence electrons. The van der Waals surface area contributed by atoms with Crippen molar-refractivity contribution in [1.82, 2.24) is 9.97 Å². The second-order valence-corrected chi connectivity index (χ2v) is 3.44. The summed E-state index contributed by atoms with van der Waals surface area (Å²) in [4.78, 5) is 27.6. The number of pyridine rings is 2. The molecule has 0 aromatic carbocycles. The van der Waals surface area contributed by atoms with Crippen molar-refractivity contribution < 1.29 is 9.85 Å². The van der Waals surface area contributed by atoms with E-state index in [2.05, 4.69) is 15.3 Å². The molecule has 9 heteroatoms. The first-order valence-electron chi connectivity index (χ1n) is 5.04. The molecule has 0 aliphatic carbocycles. The SMILES string of the molecule is O=[N+]([O-])c1ccc(Nc2cc([N+](=O)[O-])ccn2)nc1. The van der Waals surface area contributed by atoms with Gasteiger partial charge in [-0.1, -0.05) is 0 Å². The zero-order valence-electron chi connectivity index (χ0n) is 9.39. The summed E-state index contributed by atoms with van der Waals surface area (Å²) in [6.07, 6.45) is 2.37. The lowest BCUT2D eigenvalue weighted by molar-refractivity contribution is -0.385. The Bertz CT molecular complexity index is 628. The molecule has 0 aliphatic rings. The first kappa shape index (κ1) is 12.4. The Balaban J connectivity index is 2.19. The average molecular weight is 261 g/mol. The lowest BCUT2D eigenvalue weighted by Gasteiger charge is -2.03. The lowest BCUT2D eigenvalue weighted by atomic mass is 10.4. The highest BCUT2D eigenvalue weighted by Gasteiger charge is 2.08. The van der Waals surface area contributed by atoms with Gasteiger partial charge in [-0.3, -0.25) is 20.2 Å². The number of nitro groups is 2. The van der Waals surface area contributed by atoms with Gasteiger partial charge in [-0.05, 0) is 6.07 Å². The molecular formula is C10H7N5O4. The number of nitrogens with one attached hydrogen (secondary N) is 1. The summed E-state index contributed by atoms with van der Waals surface area (Å²) in [5, 5.41) is 23.7. The summed E-state index contributed by atoms with van der Waals surface area (Å²) in [5.74, 6) is 0.536. The number of hydrogen-bond donors (Lipinski definition) is 1. The van der Waals surface area contributed by atoms with Crippen LogP contribution in [0.2, 0.25) is 0 Å². The van der Waals surface area contributed by atoms with E-state index in [-0.39, 0.29) is 17.2 Å². The number of nitrogens with zero attached hydrogens (tertiary/aromatic N) is 4. The van der Waals surface area contributed by atoms with Crippen molar-refractivity contribution in [1.29, 1.82) is 0 Å². The van der Waals surface area contributed by atoms with Crippen LogP contribution in [0.15, 0.2) is 36.7 Å². The van der Waals surface area contributed by atoms with Gasteiger partial charge in [-0.25, -0.2) is 9.97 Å². The van der Waals surface area contributed by atoms with Crippen LogP contribution in [-0.4, -0.2) is 19.8 Å². The Hall–Kier alpha value is -3.10. The van der Waals surface area contributed by atoms with Gasteiger partial charge >= 0.3 is 0 Å². The van der Waals surface area contributed by atoms with Crippen LogP contribution in [0.1, 0.15) is 0 Å². The molecule has 0 atom stereocenters. The molecule has 0 unspecified atom stereocenters. The van der Waals surface area contributed by atoms with E-state index >= 15 is 0 Å². The van der Waals surface area contributed by atoms with Crippen molar-refractivity contribution in [2.24, 2.45) is 0 Å². The summed E-state index contributed by atoms with van der Waals surface area (Å²) in [6.45, 7) is 0. The second kappa shape index (κ2) is 5.04. The summed E-state index contributed by atoms with van der Waals surface area (Å²) in [7, 11) is 0. The molecule has 0 saturated heterocycles. The molecule has 19 heavy (non-hydrogen) atoms. The Morgan fingerprint density at radius 2 is 1.68 bits per heavy atom. The lowest BCUT2D eigenvalue weighted by Crippen LogP contribution is -1.98. The maximum Gasteiger partial charge on any atom is 0.287 e.